The molecule has 2 rings (SSSR count). The number of aromatic hydroxyl groups is 1. The van der Waals surface area contributed by atoms with Crippen LogP contribution in [0.5, 0.6) is 5.75 Å². The van der Waals surface area contributed by atoms with Crippen molar-refractivity contribution in [2.24, 2.45) is 5.41 Å². The van der Waals surface area contributed by atoms with Crippen LogP contribution in [-0.2, 0) is 6.42 Å². The molecule has 4 N–H and O–H groups in total. The van der Waals surface area contributed by atoms with E-state index in [9.17, 15) is 15.0 Å². The third-order valence-corrected chi connectivity index (χ3v) is 4.13. The Kier molecular flexibility index (Phi) is 4.96. The molecule has 0 bridgehead atoms. The van der Waals surface area contributed by atoms with Gasteiger partial charge in [-0.05, 0) is 48.8 Å². The number of carbonyl (C=O) groups is 1. The van der Waals surface area contributed by atoms with E-state index in [1.165, 1.54) is 0 Å². The Bertz CT molecular complexity index is 541. The van der Waals surface area contributed by atoms with Crippen molar-refractivity contribution in [3.63, 3.8) is 0 Å². The van der Waals surface area contributed by atoms with Crippen molar-refractivity contribution >= 4 is 6.03 Å². The fourth-order valence-corrected chi connectivity index (χ4v) is 3.19. The third-order valence-electron chi connectivity index (χ3n) is 4.13. The molecule has 1 aliphatic rings. The van der Waals surface area contributed by atoms with Crippen molar-refractivity contribution in [2.75, 3.05) is 6.54 Å². The Morgan fingerprint density at radius 2 is 2.18 bits per heavy atom. The molecule has 1 aromatic rings. The van der Waals surface area contributed by atoms with Crippen molar-refractivity contribution in [1.29, 1.82) is 0 Å². The first-order valence-corrected chi connectivity index (χ1v) is 7.82. The Balaban J connectivity index is 1.88. The smallest absolute Gasteiger partial charge is 0.315 e. The van der Waals surface area contributed by atoms with E-state index in [0.29, 0.717) is 18.7 Å². The summed E-state index contributed by atoms with van der Waals surface area (Å²) in [6.45, 7) is 6.29. The topological polar surface area (TPSA) is 81.6 Å². The molecule has 0 radical (unpaired) electrons. The summed E-state index contributed by atoms with van der Waals surface area (Å²) in [5.74, 6) is 0.306. The molecule has 122 valence electrons. The maximum absolute atomic E-state index is 12.1. The van der Waals surface area contributed by atoms with Gasteiger partial charge in [-0.15, -0.1) is 0 Å². The van der Waals surface area contributed by atoms with Crippen LogP contribution in [0, 0.1) is 5.41 Å². The minimum Gasteiger partial charge on any atom is -0.508 e. The zero-order valence-corrected chi connectivity index (χ0v) is 13.5. The molecule has 5 nitrogen and oxygen atoms in total. The molecule has 0 fully saturated rings. The van der Waals surface area contributed by atoms with Crippen molar-refractivity contribution in [3.05, 3.63) is 29.3 Å². The quantitative estimate of drug-likeness (QED) is 0.674. The zero-order chi connectivity index (χ0) is 16.3. The number of urea groups is 1. The minimum atomic E-state index is -0.385. The number of aliphatic hydroxyl groups is 1. The first-order valence-electron chi connectivity index (χ1n) is 7.82. The lowest BCUT2D eigenvalue weighted by molar-refractivity contribution is 0.128. The fourth-order valence-electron chi connectivity index (χ4n) is 3.19. The van der Waals surface area contributed by atoms with E-state index in [-0.39, 0.29) is 23.6 Å². The second kappa shape index (κ2) is 6.57. The Morgan fingerprint density at radius 3 is 2.86 bits per heavy atom. The van der Waals surface area contributed by atoms with Gasteiger partial charge >= 0.3 is 6.03 Å². The van der Waals surface area contributed by atoms with Gasteiger partial charge in [0.15, 0.2) is 0 Å². The van der Waals surface area contributed by atoms with E-state index in [4.69, 9.17) is 0 Å². The lowest BCUT2D eigenvalue weighted by Gasteiger charge is -2.27. The van der Waals surface area contributed by atoms with E-state index in [2.05, 4.69) is 10.6 Å². The van der Waals surface area contributed by atoms with Crippen LogP contribution in [0.25, 0.3) is 0 Å². The van der Waals surface area contributed by atoms with Gasteiger partial charge in [0.2, 0.25) is 0 Å². The van der Waals surface area contributed by atoms with Crippen LogP contribution in [0.15, 0.2) is 18.2 Å². The third kappa shape index (κ3) is 4.13. The number of amides is 2. The molecule has 0 saturated heterocycles. The lowest BCUT2D eigenvalue weighted by Crippen LogP contribution is -2.42. The van der Waals surface area contributed by atoms with Crippen LogP contribution in [0.3, 0.4) is 0 Å². The van der Waals surface area contributed by atoms with Gasteiger partial charge in [-0.25, -0.2) is 4.79 Å². The monoisotopic (exact) mass is 306 g/mol. The van der Waals surface area contributed by atoms with Gasteiger partial charge in [0.05, 0.1) is 12.1 Å². The van der Waals surface area contributed by atoms with Crippen LogP contribution in [0.4, 0.5) is 4.79 Å². The molecule has 2 unspecified atom stereocenters. The highest BCUT2D eigenvalue weighted by Crippen LogP contribution is 2.36. The van der Waals surface area contributed by atoms with E-state index in [0.717, 1.165) is 24.0 Å². The summed E-state index contributed by atoms with van der Waals surface area (Å²) in [4.78, 5) is 12.1. The molecule has 22 heavy (non-hydrogen) atoms. The van der Waals surface area contributed by atoms with Gasteiger partial charge in [-0.1, -0.05) is 26.0 Å². The standard InChI is InChI=1S/C17H26N2O3/c1-11(20)9-17(2,3)10-18-16(22)19-14-8-7-13-12(14)5-4-6-15(13)21/h4-6,11,14,20-21H,7-10H2,1-3H3,(H2,18,19,22). The first kappa shape index (κ1) is 16.6. The minimum absolute atomic E-state index is 0.0537. The van der Waals surface area contributed by atoms with Gasteiger partial charge in [0.1, 0.15) is 5.75 Å². The molecule has 0 aromatic heterocycles. The van der Waals surface area contributed by atoms with Crippen LogP contribution < -0.4 is 10.6 Å². The van der Waals surface area contributed by atoms with Gasteiger partial charge < -0.3 is 20.8 Å². The summed E-state index contributed by atoms with van der Waals surface area (Å²) in [6, 6.07) is 5.17. The number of hydrogen-bond acceptors (Lipinski definition) is 3. The summed E-state index contributed by atoms with van der Waals surface area (Å²) in [7, 11) is 0. The average Bonchev–Trinajstić information content (AvgIpc) is 2.80. The highest BCUT2D eigenvalue weighted by atomic mass is 16.3. The number of benzene rings is 1. The summed E-state index contributed by atoms with van der Waals surface area (Å²) in [5.41, 5.74) is 1.78. The molecule has 0 spiro atoms. The molecule has 0 aliphatic heterocycles. The Hall–Kier alpha value is -1.75. The second-order valence-corrected chi connectivity index (χ2v) is 6.98. The van der Waals surface area contributed by atoms with Gasteiger partial charge in [0.25, 0.3) is 0 Å². The predicted octanol–water partition coefficient (Wildman–Crippen LogP) is 2.48. The number of nitrogens with one attached hydrogen (secondary N) is 2. The number of phenolic OH excluding ortho intramolecular Hbond substituents is 1. The number of rotatable bonds is 5. The van der Waals surface area contributed by atoms with Gasteiger partial charge in [-0.2, -0.15) is 0 Å². The number of hydrogen-bond donors (Lipinski definition) is 4. The molecule has 1 aromatic carbocycles. The number of fused-ring (bicyclic) bond motifs is 1. The summed E-state index contributed by atoms with van der Waals surface area (Å²) >= 11 is 0. The van der Waals surface area contributed by atoms with E-state index in [1.54, 1.807) is 19.1 Å². The molecule has 0 heterocycles. The van der Waals surface area contributed by atoms with Crippen molar-refractivity contribution in [2.45, 2.75) is 52.2 Å². The lowest BCUT2D eigenvalue weighted by atomic mass is 9.87. The normalized spacial score (nSPS) is 18.6. The van der Waals surface area contributed by atoms with Crippen LogP contribution >= 0.6 is 0 Å². The largest absolute Gasteiger partial charge is 0.508 e. The second-order valence-electron chi connectivity index (χ2n) is 6.98. The summed E-state index contributed by atoms with van der Waals surface area (Å²) in [5, 5.41) is 25.1. The average molecular weight is 306 g/mol. The van der Waals surface area contributed by atoms with Crippen LogP contribution in [0.1, 0.15) is 50.8 Å². The van der Waals surface area contributed by atoms with Crippen molar-refractivity contribution in [3.8, 4) is 5.75 Å². The molecule has 2 atom stereocenters. The highest BCUT2D eigenvalue weighted by Gasteiger charge is 2.27. The van der Waals surface area contributed by atoms with Crippen LogP contribution in [-0.4, -0.2) is 28.9 Å². The molecule has 5 heteroatoms. The van der Waals surface area contributed by atoms with Crippen molar-refractivity contribution in [1.82, 2.24) is 10.6 Å². The maximum atomic E-state index is 12.1. The van der Waals surface area contributed by atoms with Crippen LogP contribution in [0.2, 0.25) is 0 Å². The molecular weight excluding hydrogens is 280 g/mol. The first-order chi connectivity index (χ1) is 10.3. The van der Waals surface area contributed by atoms with Crippen molar-refractivity contribution < 1.29 is 15.0 Å². The SMILES string of the molecule is CC(O)CC(C)(C)CNC(=O)NC1CCc2c(O)cccc21. The molecule has 2 amide bonds. The summed E-state index contributed by atoms with van der Waals surface area (Å²) in [6.07, 6.45) is 1.83. The fraction of sp³-hybridized carbons (Fsp3) is 0.588. The predicted molar refractivity (Wildman–Crippen MR) is 85.8 cm³/mol. The van der Waals surface area contributed by atoms with E-state index in [1.807, 2.05) is 19.9 Å². The zero-order valence-electron chi connectivity index (χ0n) is 13.5. The van der Waals surface area contributed by atoms with Gasteiger partial charge in [0, 0.05) is 6.54 Å². The number of phenols is 1. The Morgan fingerprint density at radius 1 is 1.45 bits per heavy atom. The highest BCUT2D eigenvalue weighted by molar-refractivity contribution is 5.74. The maximum Gasteiger partial charge on any atom is 0.315 e. The van der Waals surface area contributed by atoms with E-state index < -0.39 is 0 Å². The number of aliphatic hydroxyl groups excluding tert-OH is 1. The Labute approximate surface area is 131 Å². The number of carbonyl (C=O) groups excluding carboxylic acids is 1. The van der Waals surface area contributed by atoms with Gasteiger partial charge in [-0.3, -0.25) is 0 Å². The molecule has 0 saturated carbocycles. The van der Waals surface area contributed by atoms with E-state index >= 15 is 0 Å². The molecule has 1 aliphatic carbocycles. The molecular formula is C17H26N2O3. The summed E-state index contributed by atoms with van der Waals surface area (Å²) < 4.78 is 0.